The van der Waals surface area contributed by atoms with Crippen LogP contribution in [0.2, 0.25) is 0 Å². The summed E-state index contributed by atoms with van der Waals surface area (Å²) in [7, 11) is 0. The van der Waals surface area contributed by atoms with E-state index in [1.165, 1.54) is 4.88 Å². The minimum atomic E-state index is 0.192. The average Bonchev–Trinajstić information content (AvgIpc) is 3.60. The number of pyridine rings is 1. The van der Waals surface area contributed by atoms with E-state index in [0.29, 0.717) is 17.2 Å². The van der Waals surface area contributed by atoms with E-state index < -0.39 is 0 Å². The third kappa shape index (κ3) is 3.07. The van der Waals surface area contributed by atoms with Crippen LogP contribution in [0.25, 0.3) is 55.4 Å². The molecule has 0 bridgehead atoms. The van der Waals surface area contributed by atoms with E-state index in [0.717, 1.165) is 52.2 Å². The molecule has 6 aromatic rings. The summed E-state index contributed by atoms with van der Waals surface area (Å²) < 4.78 is 0. The summed E-state index contributed by atoms with van der Waals surface area (Å²) in [5.41, 5.74) is 12.6. The molecule has 6 heterocycles. The maximum absolute atomic E-state index is 5.92. The number of imidazole rings is 1. The molecule has 0 saturated carbocycles. The fourth-order valence-electron chi connectivity index (χ4n) is 4.31. The van der Waals surface area contributed by atoms with Crippen molar-refractivity contribution in [3.63, 3.8) is 0 Å². The van der Waals surface area contributed by atoms with Crippen LogP contribution in [-0.4, -0.2) is 54.2 Å². The lowest BCUT2D eigenvalue weighted by molar-refractivity contribution is 0.514. The lowest BCUT2D eigenvalue weighted by atomic mass is 10.1. The van der Waals surface area contributed by atoms with Crippen molar-refractivity contribution in [2.75, 3.05) is 18.0 Å². The van der Waals surface area contributed by atoms with Crippen molar-refractivity contribution in [1.82, 2.24) is 35.1 Å². The highest BCUT2D eigenvalue weighted by molar-refractivity contribution is 7.13. The Balaban J connectivity index is 1.31. The van der Waals surface area contributed by atoms with Gasteiger partial charge in [-0.3, -0.25) is 10.1 Å². The second-order valence-electron chi connectivity index (χ2n) is 8.36. The molecule has 9 nitrogen and oxygen atoms in total. The van der Waals surface area contributed by atoms with Crippen molar-refractivity contribution in [2.24, 2.45) is 5.73 Å². The van der Waals surface area contributed by atoms with E-state index in [-0.39, 0.29) is 6.04 Å². The second-order valence-corrected chi connectivity index (χ2v) is 9.30. The lowest BCUT2D eigenvalue weighted by Gasteiger charge is -2.37. The Morgan fingerprint density at radius 2 is 1.85 bits per heavy atom. The lowest BCUT2D eigenvalue weighted by Crippen LogP contribution is -2.56. The number of rotatable bonds is 4. The van der Waals surface area contributed by atoms with Crippen molar-refractivity contribution in [3.05, 3.63) is 60.2 Å². The fourth-order valence-corrected chi connectivity index (χ4v) is 5.07. The number of anilines is 1. The Labute approximate surface area is 197 Å². The second kappa shape index (κ2) is 7.44. The first-order chi connectivity index (χ1) is 16.7. The maximum atomic E-state index is 5.92. The number of benzene rings is 1. The topological polar surface area (TPSA) is 125 Å². The zero-order valence-electron chi connectivity index (χ0n) is 17.9. The van der Waals surface area contributed by atoms with Gasteiger partial charge < -0.3 is 15.6 Å². The zero-order valence-corrected chi connectivity index (χ0v) is 18.8. The van der Waals surface area contributed by atoms with Gasteiger partial charge in [0.25, 0.3) is 0 Å². The van der Waals surface area contributed by atoms with E-state index in [9.17, 15) is 0 Å². The Morgan fingerprint density at radius 3 is 2.71 bits per heavy atom. The third-order valence-electron chi connectivity index (χ3n) is 6.05. The highest BCUT2D eigenvalue weighted by atomic mass is 32.1. The number of thiophene rings is 1. The molecule has 1 saturated heterocycles. The molecule has 0 atom stereocenters. The molecule has 1 fully saturated rings. The molecule has 10 heteroatoms. The predicted molar refractivity (Wildman–Crippen MR) is 134 cm³/mol. The van der Waals surface area contributed by atoms with Crippen LogP contribution in [0.3, 0.4) is 0 Å². The van der Waals surface area contributed by atoms with Crippen LogP contribution in [0.4, 0.5) is 5.82 Å². The minimum absolute atomic E-state index is 0.192. The van der Waals surface area contributed by atoms with Crippen LogP contribution in [0.5, 0.6) is 0 Å². The highest BCUT2D eigenvalue weighted by Gasteiger charge is 2.25. The number of hydrogen-bond acceptors (Lipinski definition) is 8. The van der Waals surface area contributed by atoms with Gasteiger partial charge in [0, 0.05) is 29.6 Å². The normalized spacial score (nSPS) is 14.2. The van der Waals surface area contributed by atoms with Crippen molar-refractivity contribution >= 4 is 39.2 Å². The van der Waals surface area contributed by atoms with Gasteiger partial charge in [0.1, 0.15) is 17.0 Å². The van der Waals surface area contributed by atoms with Gasteiger partial charge in [0.05, 0.1) is 34.6 Å². The number of nitrogens with one attached hydrogen (secondary N) is 2. The minimum Gasteiger partial charge on any atom is -0.352 e. The summed E-state index contributed by atoms with van der Waals surface area (Å²) in [6.07, 6.45) is 3.49. The van der Waals surface area contributed by atoms with Crippen LogP contribution in [-0.2, 0) is 0 Å². The Bertz CT molecular complexity index is 1640. The summed E-state index contributed by atoms with van der Waals surface area (Å²) in [6, 6.07) is 14.4. The van der Waals surface area contributed by atoms with Gasteiger partial charge in [0.15, 0.2) is 11.5 Å². The number of hydrogen-bond donors (Lipinski definition) is 3. The van der Waals surface area contributed by atoms with Gasteiger partial charge in [-0.25, -0.2) is 15.0 Å². The smallest absolute Gasteiger partial charge is 0.161 e. The van der Waals surface area contributed by atoms with Crippen molar-refractivity contribution in [1.29, 1.82) is 0 Å². The van der Waals surface area contributed by atoms with E-state index in [1.807, 2.05) is 30.3 Å². The number of nitrogens with two attached hydrogens (primary N) is 1. The van der Waals surface area contributed by atoms with E-state index >= 15 is 0 Å². The molecular weight excluding hydrogens is 446 g/mol. The first-order valence-electron chi connectivity index (χ1n) is 10.9. The van der Waals surface area contributed by atoms with Gasteiger partial charge in [-0.1, -0.05) is 18.2 Å². The van der Waals surface area contributed by atoms with E-state index in [4.69, 9.17) is 20.7 Å². The average molecular weight is 466 g/mol. The molecule has 1 aromatic carbocycles. The Hall–Kier alpha value is -4.15. The van der Waals surface area contributed by atoms with Crippen LogP contribution in [0.15, 0.2) is 60.2 Å². The van der Waals surface area contributed by atoms with Gasteiger partial charge >= 0.3 is 0 Å². The molecule has 0 aliphatic carbocycles. The first kappa shape index (κ1) is 19.3. The molecule has 5 aromatic heterocycles. The zero-order chi connectivity index (χ0) is 22.6. The van der Waals surface area contributed by atoms with Gasteiger partial charge in [-0.2, -0.15) is 5.10 Å². The molecule has 1 aliphatic rings. The monoisotopic (exact) mass is 465 g/mol. The number of aromatic nitrogens is 7. The van der Waals surface area contributed by atoms with Crippen LogP contribution in [0.1, 0.15) is 0 Å². The summed E-state index contributed by atoms with van der Waals surface area (Å²) in [5.74, 6) is 1.48. The van der Waals surface area contributed by atoms with Crippen molar-refractivity contribution < 1.29 is 0 Å². The molecule has 0 unspecified atom stereocenters. The summed E-state index contributed by atoms with van der Waals surface area (Å²) in [4.78, 5) is 25.6. The largest absolute Gasteiger partial charge is 0.352 e. The SMILES string of the molecule is NC1CN(c2cncc(-c3ccc4[nH]nc(-c5nc6c(-c7cccs7)cccc6[nH]5)c4n3)n2)C1. The molecule has 0 radical (unpaired) electrons. The summed E-state index contributed by atoms with van der Waals surface area (Å²) in [6.45, 7) is 1.58. The maximum Gasteiger partial charge on any atom is 0.161 e. The van der Waals surface area contributed by atoms with E-state index in [1.54, 1.807) is 23.7 Å². The molecule has 166 valence electrons. The number of nitrogens with zero attached hydrogens (tertiary/aromatic N) is 6. The van der Waals surface area contributed by atoms with Crippen molar-refractivity contribution in [2.45, 2.75) is 6.04 Å². The standard InChI is InChI=1S/C24H19N9S/c25-13-11-33(12-13)20-10-26-9-18(27-20)15-6-7-17-22(28-15)23(32-31-17)24-29-16-4-1-3-14(21(16)30-24)19-5-2-8-34-19/h1-10,13H,11-12,25H2,(H,29,30)(H,31,32). The molecular formula is C24H19N9S. The molecule has 4 N–H and O–H groups in total. The molecule has 7 rings (SSSR count). The molecule has 0 spiro atoms. The number of fused-ring (bicyclic) bond motifs is 2. The Morgan fingerprint density at radius 1 is 0.912 bits per heavy atom. The van der Waals surface area contributed by atoms with Gasteiger partial charge in [-0.15, -0.1) is 11.3 Å². The molecule has 34 heavy (non-hydrogen) atoms. The number of H-pyrrole nitrogens is 2. The quantitative estimate of drug-likeness (QED) is 0.361. The number of para-hydroxylation sites is 1. The van der Waals surface area contributed by atoms with Crippen molar-refractivity contribution in [3.8, 4) is 33.3 Å². The first-order valence-corrected chi connectivity index (χ1v) is 11.8. The highest BCUT2D eigenvalue weighted by Crippen LogP contribution is 2.33. The van der Waals surface area contributed by atoms with Crippen LogP contribution in [0, 0.1) is 0 Å². The number of aromatic amines is 2. The third-order valence-corrected chi connectivity index (χ3v) is 6.95. The Kier molecular flexibility index (Phi) is 4.23. The molecule has 1 aliphatic heterocycles. The van der Waals surface area contributed by atoms with Gasteiger partial charge in [0.2, 0.25) is 0 Å². The summed E-state index contributed by atoms with van der Waals surface area (Å²) in [5, 5.41) is 9.68. The van der Waals surface area contributed by atoms with Crippen LogP contribution >= 0.6 is 11.3 Å². The summed E-state index contributed by atoms with van der Waals surface area (Å²) >= 11 is 1.70. The van der Waals surface area contributed by atoms with Gasteiger partial charge in [-0.05, 0) is 29.6 Å². The fraction of sp³-hybridized carbons (Fsp3) is 0.125. The molecule has 0 amide bonds. The van der Waals surface area contributed by atoms with E-state index in [2.05, 4.69) is 42.6 Å². The predicted octanol–water partition coefficient (Wildman–Crippen LogP) is 3.83. The van der Waals surface area contributed by atoms with Crippen LogP contribution < -0.4 is 10.6 Å².